The predicted molar refractivity (Wildman–Crippen MR) is 76.6 cm³/mol. The highest BCUT2D eigenvalue weighted by Crippen LogP contribution is 2.23. The summed E-state index contributed by atoms with van der Waals surface area (Å²) in [5, 5.41) is 8.93. The maximum absolute atomic E-state index is 12.1. The number of carboxylic acids is 1. The monoisotopic (exact) mass is 280 g/mol. The fourth-order valence-corrected chi connectivity index (χ4v) is 1.72. The lowest BCUT2D eigenvalue weighted by atomic mass is 10.2. The highest BCUT2D eigenvalue weighted by molar-refractivity contribution is 5.99. The van der Waals surface area contributed by atoms with Gasteiger partial charge in [0.2, 0.25) is 5.91 Å². The molecule has 0 radical (unpaired) electrons. The molecule has 1 amide bonds. The van der Waals surface area contributed by atoms with Crippen LogP contribution in [-0.4, -0.2) is 36.7 Å². The number of carbonyl (C=O) groups is 2. The molecule has 1 rings (SSSR count). The molecule has 0 spiro atoms. The van der Waals surface area contributed by atoms with Gasteiger partial charge in [0, 0.05) is 6.61 Å². The van der Waals surface area contributed by atoms with Crippen molar-refractivity contribution in [3.8, 4) is 0 Å². The Bertz CT molecular complexity index is 462. The van der Waals surface area contributed by atoms with Gasteiger partial charge in [-0.1, -0.05) is 19.1 Å². The number of carboxylic acid groups (broad SMARTS) is 1. The molecule has 0 saturated carbocycles. The number of nitrogens with two attached hydrogens (primary N) is 1. The molecule has 1 aromatic rings. The van der Waals surface area contributed by atoms with Crippen molar-refractivity contribution < 1.29 is 19.4 Å². The maximum Gasteiger partial charge on any atom is 0.323 e. The molecule has 0 aliphatic rings. The molecule has 20 heavy (non-hydrogen) atoms. The van der Waals surface area contributed by atoms with Crippen LogP contribution >= 0.6 is 0 Å². The first-order chi connectivity index (χ1) is 9.56. The number of para-hydroxylation sites is 2. The fraction of sp³-hybridized carbons (Fsp3) is 0.429. The highest BCUT2D eigenvalue weighted by Gasteiger charge is 2.20. The summed E-state index contributed by atoms with van der Waals surface area (Å²) in [6.07, 6.45) is 1.00. The summed E-state index contributed by atoms with van der Waals surface area (Å²) in [6, 6.07) is 6.70. The second kappa shape index (κ2) is 8.16. The molecule has 6 nitrogen and oxygen atoms in total. The number of nitrogens with zero attached hydrogens (tertiary/aromatic N) is 1. The van der Waals surface area contributed by atoms with Gasteiger partial charge in [-0.2, -0.15) is 0 Å². The fourth-order valence-electron chi connectivity index (χ4n) is 1.72. The van der Waals surface area contributed by atoms with Gasteiger partial charge in [-0.15, -0.1) is 0 Å². The molecule has 0 aliphatic carbocycles. The number of ether oxygens (including phenoxy) is 1. The van der Waals surface area contributed by atoms with E-state index in [-0.39, 0.29) is 18.9 Å². The number of benzene rings is 1. The van der Waals surface area contributed by atoms with E-state index in [1.165, 1.54) is 4.90 Å². The quantitative estimate of drug-likeness (QED) is 0.556. The Balaban J connectivity index is 2.76. The van der Waals surface area contributed by atoms with Crippen molar-refractivity contribution in [3.05, 3.63) is 24.3 Å². The van der Waals surface area contributed by atoms with E-state index < -0.39 is 12.5 Å². The predicted octanol–water partition coefficient (Wildman–Crippen LogP) is 1.50. The van der Waals surface area contributed by atoms with Gasteiger partial charge in [-0.05, 0) is 18.6 Å². The van der Waals surface area contributed by atoms with E-state index in [9.17, 15) is 9.59 Å². The topological polar surface area (TPSA) is 92.9 Å². The molecule has 0 bridgehead atoms. The number of amides is 1. The minimum absolute atomic E-state index is 0.127. The largest absolute Gasteiger partial charge is 0.480 e. The molecule has 0 heterocycles. The number of hydrogen-bond donors (Lipinski definition) is 2. The molecular formula is C14H20N2O4. The van der Waals surface area contributed by atoms with Crippen LogP contribution in [0.5, 0.6) is 0 Å². The van der Waals surface area contributed by atoms with Crippen molar-refractivity contribution >= 4 is 23.3 Å². The Hall–Kier alpha value is -2.08. The lowest BCUT2D eigenvalue weighted by molar-refractivity contribution is -0.136. The summed E-state index contributed by atoms with van der Waals surface area (Å²) >= 11 is 0. The van der Waals surface area contributed by atoms with E-state index in [4.69, 9.17) is 15.6 Å². The van der Waals surface area contributed by atoms with Crippen LogP contribution < -0.4 is 10.6 Å². The summed E-state index contributed by atoms with van der Waals surface area (Å²) in [4.78, 5) is 24.2. The van der Waals surface area contributed by atoms with Gasteiger partial charge >= 0.3 is 5.97 Å². The zero-order valence-electron chi connectivity index (χ0n) is 11.5. The first-order valence-electron chi connectivity index (χ1n) is 6.50. The molecule has 0 saturated heterocycles. The third-order valence-corrected chi connectivity index (χ3v) is 2.63. The number of aliphatic carboxylic acids is 1. The Morgan fingerprint density at radius 1 is 1.30 bits per heavy atom. The van der Waals surface area contributed by atoms with Gasteiger partial charge in [-0.25, -0.2) is 0 Å². The van der Waals surface area contributed by atoms with Crippen LogP contribution in [0, 0.1) is 0 Å². The first-order valence-corrected chi connectivity index (χ1v) is 6.50. The lowest BCUT2D eigenvalue weighted by Crippen LogP contribution is -2.36. The van der Waals surface area contributed by atoms with E-state index >= 15 is 0 Å². The van der Waals surface area contributed by atoms with Crippen molar-refractivity contribution in [2.24, 2.45) is 0 Å². The number of hydrogen-bond acceptors (Lipinski definition) is 4. The van der Waals surface area contributed by atoms with E-state index in [0.717, 1.165) is 6.42 Å². The molecule has 0 atom stereocenters. The van der Waals surface area contributed by atoms with Crippen LogP contribution in [0.1, 0.15) is 19.8 Å². The van der Waals surface area contributed by atoms with Crippen molar-refractivity contribution in [3.63, 3.8) is 0 Å². The Labute approximate surface area is 118 Å². The zero-order chi connectivity index (χ0) is 15.0. The number of carbonyl (C=O) groups excluding carboxylic acids is 1. The number of anilines is 2. The number of nitrogen functional groups attached to an aromatic ring is 1. The summed E-state index contributed by atoms with van der Waals surface area (Å²) < 4.78 is 5.25. The zero-order valence-corrected chi connectivity index (χ0v) is 11.5. The second-order valence-electron chi connectivity index (χ2n) is 4.29. The summed E-state index contributed by atoms with van der Waals surface area (Å²) in [7, 11) is 0. The molecule has 0 fully saturated rings. The van der Waals surface area contributed by atoms with Gasteiger partial charge in [0.15, 0.2) is 0 Å². The van der Waals surface area contributed by atoms with Crippen LogP contribution in [0.3, 0.4) is 0 Å². The van der Waals surface area contributed by atoms with Crippen LogP contribution in [0.25, 0.3) is 0 Å². The Kier molecular flexibility index (Phi) is 6.52. The minimum atomic E-state index is -1.09. The van der Waals surface area contributed by atoms with Gasteiger partial charge in [-0.3, -0.25) is 14.5 Å². The smallest absolute Gasteiger partial charge is 0.323 e. The molecule has 3 N–H and O–H groups in total. The molecule has 110 valence electrons. The van der Waals surface area contributed by atoms with Gasteiger partial charge < -0.3 is 15.6 Å². The molecule has 0 aromatic heterocycles. The first kappa shape index (κ1) is 16.0. The van der Waals surface area contributed by atoms with Crippen molar-refractivity contribution in [1.29, 1.82) is 0 Å². The molecule has 0 unspecified atom stereocenters. The third-order valence-electron chi connectivity index (χ3n) is 2.63. The van der Waals surface area contributed by atoms with E-state index in [1.54, 1.807) is 24.3 Å². The van der Waals surface area contributed by atoms with Gasteiger partial charge in [0.25, 0.3) is 0 Å². The lowest BCUT2D eigenvalue weighted by Gasteiger charge is -2.22. The molecule has 6 heteroatoms. The van der Waals surface area contributed by atoms with E-state index in [1.807, 2.05) is 6.92 Å². The van der Waals surface area contributed by atoms with E-state index in [2.05, 4.69) is 0 Å². The number of rotatable bonds is 8. The van der Waals surface area contributed by atoms with Crippen LogP contribution in [0.4, 0.5) is 11.4 Å². The standard InChI is InChI=1S/C14H20N2O4/c1-2-8-20-9-7-13(17)16(10-14(18)19)12-6-4-3-5-11(12)15/h3-6H,2,7-10,15H2,1H3,(H,18,19). The molecular weight excluding hydrogens is 260 g/mol. The van der Waals surface area contributed by atoms with Gasteiger partial charge in [0.05, 0.1) is 24.4 Å². The Morgan fingerprint density at radius 2 is 2.00 bits per heavy atom. The Morgan fingerprint density at radius 3 is 2.60 bits per heavy atom. The minimum Gasteiger partial charge on any atom is -0.480 e. The van der Waals surface area contributed by atoms with E-state index in [0.29, 0.717) is 18.0 Å². The van der Waals surface area contributed by atoms with Crippen molar-refractivity contribution in [1.82, 2.24) is 0 Å². The van der Waals surface area contributed by atoms with Crippen LogP contribution in [0.2, 0.25) is 0 Å². The van der Waals surface area contributed by atoms with Gasteiger partial charge in [0.1, 0.15) is 6.54 Å². The molecule has 1 aromatic carbocycles. The summed E-state index contributed by atoms with van der Waals surface area (Å²) in [5.41, 5.74) is 6.58. The van der Waals surface area contributed by atoms with Crippen molar-refractivity contribution in [2.45, 2.75) is 19.8 Å². The third kappa shape index (κ3) is 4.89. The average Bonchev–Trinajstić information content (AvgIpc) is 2.41. The highest BCUT2D eigenvalue weighted by atomic mass is 16.5. The van der Waals surface area contributed by atoms with Crippen molar-refractivity contribution in [2.75, 3.05) is 30.4 Å². The normalized spacial score (nSPS) is 10.2. The molecule has 0 aliphatic heterocycles. The summed E-state index contributed by atoms with van der Waals surface area (Å²) in [5.74, 6) is -1.41. The second-order valence-corrected chi connectivity index (χ2v) is 4.29. The summed E-state index contributed by atoms with van der Waals surface area (Å²) in [6.45, 7) is 2.42. The van der Waals surface area contributed by atoms with Crippen LogP contribution in [0.15, 0.2) is 24.3 Å². The maximum atomic E-state index is 12.1. The van der Waals surface area contributed by atoms with Crippen LogP contribution in [-0.2, 0) is 14.3 Å². The average molecular weight is 280 g/mol. The SMILES string of the molecule is CCCOCCC(=O)N(CC(=O)O)c1ccccc1N.